The van der Waals surface area contributed by atoms with Crippen molar-refractivity contribution in [2.24, 2.45) is 0 Å². The van der Waals surface area contributed by atoms with Gasteiger partial charge in [0.25, 0.3) is 11.4 Å². The van der Waals surface area contributed by atoms with E-state index in [1.165, 1.54) is 12.8 Å². The Kier molecular flexibility index (Phi) is 3.40. The molecule has 1 aliphatic rings. The number of nitrogens with zero attached hydrogens (tertiary/aromatic N) is 5. The zero-order valence-corrected chi connectivity index (χ0v) is 14.9. The molecular formula is C18H16ClN5O2. The van der Waals surface area contributed by atoms with Gasteiger partial charge < -0.3 is 9.73 Å². The van der Waals surface area contributed by atoms with Crippen LogP contribution in [0, 0.1) is 12.1 Å². The summed E-state index contributed by atoms with van der Waals surface area (Å²) in [6.45, 7) is 1.74. The van der Waals surface area contributed by atoms with Gasteiger partial charge in [-0.15, -0.1) is 0 Å². The molecule has 1 aromatic carbocycles. The number of para-hydroxylation sites is 1. The molecule has 0 radical (unpaired) electrons. The molecule has 0 bridgehead atoms. The highest BCUT2D eigenvalue weighted by Gasteiger charge is 2.27. The molecule has 26 heavy (non-hydrogen) atoms. The lowest BCUT2D eigenvalue weighted by molar-refractivity contribution is -0.583. The van der Waals surface area contributed by atoms with Gasteiger partial charge in [0, 0.05) is 12.8 Å². The van der Waals surface area contributed by atoms with Crippen molar-refractivity contribution in [3.63, 3.8) is 0 Å². The number of benzene rings is 1. The lowest BCUT2D eigenvalue weighted by Gasteiger charge is -2.09. The van der Waals surface area contributed by atoms with Crippen LogP contribution in [0.3, 0.4) is 0 Å². The molecule has 3 heterocycles. The van der Waals surface area contributed by atoms with Crippen molar-refractivity contribution in [1.82, 2.24) is 19.5 Å². The van der Waals surface area contributed by atoms with Crippen LogP contribution in [0.15, 0.2) is 29.0 Å². The highest BCUT2D eigenvalue weighted by atomic mass is 35.5. The number of imidazole rings is 1. The molecule has 1 fully saturated rings. The van der Waals surface area contributed by atoms with Gasteiger partial charge in [0.2, 0.25) is 5.69 Å². The normalized spacial score (nSPS) is 15.5. The molecule has 4 aromatic rings. The fourth-order valence-electron chi connectivity index (χ4n) is 3.88. The molecule has 5 rings (SSSR count). The maximum absolute atomic E-state index is 12.8. The number of aromatic nitrogens is 5. The fraction of sp³-hybridized carbons (Fsp3) is 0.333. The average Bonchev–Trinajstić information content (AvgIpc) is 3.38. The standard InChI is InChI=1S/C18H16ClN5O2/c1-10-15-14(18-21-17(22-26-18)11-5-2-3-6-11)20-9-23(15)13-8-4-7-12(19)16(13)24(10)25/h4,7-9,11H,2-3,5-6H2,1H3. The molecule has 1 aliphatic carbocycles. The van der Waals surface area contributed by atoms with Crippen LogP contribution in [-0.2, 0) is 0 Å². The SMILES string of the molecule is Cc1c2c(-c3nc(C4CCCC4)no3)ncn2c2cccc(Cl)c2[n+]1[O-]. The number of halogens is 1. The molecule has 8 heteroatoms. The molecule has 0 atom stereocenters. The third-order valence-corrected chi connectivity index (χ3v) is 5.51. The third-order valence-electron chi connectivity index (χ3n) is 5.21. The van der Waals surface area contributed by atoms with E-state index in [1.807, 2.05) is 16.5 Å². The van der Waals surface area contributed by atoms with Crippen molar-refractivity contribution in [2.75, 3.05) is 0 Å². The van der Waals surface area contributed by atoms with Crippen LogP contribution >= 0.6 is 11.6 Å². The largest absolute Gasteiger partial charge is 0.618 e. The summed E-state index contributed by atoms with van der Waals surface area (Å²) in [5, 5.41) is 17.3. The summed E-state index contributed by atoms with van der Waals surface area (Å²) < 4.78 is 8.17. The van der Waals surface area contributed by atoms with Crippen LogP contribution in [0.1, 0.15) is 43.1 Å². The molecule has 0 saturated heterocycles. The van der Waals surface area contributed by atoms with Gasteiger partial charge in [-0.2, -0.15) is 9.71 Å². The number of hydrogen-bond acceptors (Lipinski definition) is 5. The van der Waals surface area contributed by atoms with Gasteiger partial charge in [0.05, 0.1) is 0 Å². The second-order valence-corrected chi connectivity index (χ2v) is 7.15. The van der Waals surface area contributed by atoms with E-state index >= 15 is 0 Å². The minimum atomic E-state index is 0.346. The second-order valence-electron chi connectivity index (χ2n) is 6.74. The first-order valence-electron chi connectivity index (χ1n) is 8.66. The van der Waals surface area contributed by atoms with E-state index < -0.39 is 0 Å². The summed E-state index contributed by atoms with van der Waals surface area (Å²) in [6.07, 6.45) is 6.24. The van der Waals surface area contributed by atoms with E-state index in [1.54, 1.807) is 19.3 Å². The van der Waals surface area contributed by atoms with Crippen LogP contribution in [0.4, 0.5) is 0 Å². The maximum atomic E-state index is 12.8. The molecule has 0 unspecified atom stereocenters. The monoisotopic (exact) mass is 369 g/mol. The minimum absolute atomic E-state index is 0.346. The van der Waals surface area contributed by atoms with Gasteiger partial charge in [0.1, 0.15) is 22.4 Å². The van der Waals surface area contributed by atoms with E-state index in [9.17, 15) is 5.21 Å². The maximum Gasteiger partial charge on any atom is 0.279 e. The molecule has 0 aliphatic heterocycles. The van der Waals surface area contributed by atoms with Crippen molar-refractivity contribution >= 4 is 28.2 Å². The van der Waals surface area contributed by atoms with E-state index in [4.69, 9.17) is 16.1 Å². The molecular weight excluding hydrogens is 354 g/mol. The summed E-state index contributed by atoms with van der Waals surface area (Å²) in [6, 6.07) is 5.35. The van der Waals surface area contributed by atoms with Gasteiger partial charge in [-0.1, -0.05) is 35.7 Å². The first kappa shape index (κ1) is 15.6. The lowest BCUT2D eigenvalue weighted by atomic mass is 10.1. The van der Waals surface area contributed by atoms with E-state index in [0.29, 0.717) is 44.8 Å². The summed E-state index contributed by atoms with van der Waals surface area (Å²) in [5.74, 6) is 1.43. The highest BCUT2D eigenvalue weighted by Crippen LogP contribution is 2.34. The van der Waals surface area contributed by atoms with Crippen molar-refractivity contribution in [3.05, 3.63) is 46.3 Å². The molecule has 0 N–H and O–H groups in total. The Morgan fingerprint density at radius 3 is 2.92 bits per heavy atom. The van der Waals surface area contributed by atoms with Gasteiger partial charge in [-0.3, -0.25) is 4.40 Å². The number of hydrogen-bond donors (Lipinski definition) is 0. The van der Waals surface area contributed by atoms with E-state index in [0.717, 1.165) is 23.4 Å². The number of aryl methyl sites for hydroxylation is 1. The Hall–Kier alpha value is -2.67. The van der Waals surface area contributed by atoms with Crippen LogP contribution in [0.5, 0.6) is 0 Å². The Balaban J connectivity index is 1.74. The van der Waals surface area contributed by atoms with Crippen LogP contribution in [0.2, 0.25) is 5.02 Å². The second kappa shape index (κ2) is 5.67. The Morgan fingerprint density at radius 1 is 1.31 bits per heavy atom. The molecule has 132 valence electrons. The van der Waals surface area contributed by atoms with Crippen molar-refractivity contribution < 1.29 is 9.25 Å². The zero-order chi connectivity index (χ0) is 17.8. The predicted octanol–water partition coefficient (Wildman–Crippen LogP) is 3.79. The summed E-state index contributed by atoms with van der Waals surface area (Å²) in [5.41, 5.74) is 2.75. The third kappa shape index (κ3) is 2.13. The molecule has 1 saturated carbocycles. The summed E-state index contributed by atoms with van der Waals surface area (Å²) in [7, 11) is 0. The van der Waals surface area contributed by atoms with E-state index in [-0.39, 0.29) is 0 Å². The van der Waals surface area contributed by atoms with Gasteiger partial charge in [-0.25, -0.2) is 4.98 Å². The predicted molar refractivity (Wildman–Crippen MR) is 95.9 cm³/mol. The molecule has 0 spiro atoms. The topological polar surface area (TPSA) is 83.2 Å². The lowest BCUT2D eigenvalue weighted by Crippen LogP contribution is -2.32. The highest BCUT2D eigenvalue weighted by molar-refractivity contribution is 6.34. The fourth-order valence-corrected chi connectivity index (χ4v) is 4.12. The summed E-state index contributed by atoms with van der Waals surface area (Å²) >= 11 is 6.24. The Labute approximate surface area is 153 Å². The smallest absolute Gasteiger partial charge is 0.279 e. The zero-order valence-electron chi connectivity index (χ0n) is 14.1. The van der Waals surface area contributed by atoms with Gasteiger partial charge in [-0.05, 0) is 25.0 Å². The van der Waals surface area contributed by atoms with Crippen molar-refractivity contribution in [2.45, 2.75) is 38.5 Å². The van der Waals surface area contributed by atoms with Gasteiger partial charge >= 0.3 is 0 Å². The molecule has 0 amide bonds. The number of fused-ring (bicyclic) bond motifs is 3. The Bertz CT molecular complexity index is 1140. The first-order chi connectivity index (χ1) is 12.6. The quantitative estimate of drug-likeness (QED) is 0.396. The Morgan fingerprint density at radius 2 is 2.12 bits per heavy atom. The van der Waals surface area contributed by atoms with Gasteiger partial charge in [0.15, 0.2) is 11.5 Å². The van der Waals surface area contributed by atoms with Crippen molar-refractivity contribution in [3.8, 4) is 11.6 Å². The van der Waals surface area contributed by atoms with Crippen LogP contribution in [-0.4, -0.2) is 19.5 Å². The van der Waals surface area contributed by atoms with E-state index in [2.05, 4.69) is 15.1 Å². The summed E-state index contributed by atoms with van der Waals surface area (Å²) in [4.78, 5) is 9.02. The van der Waals surface area contributed by atoms with Crippen LogP contribution < -0.4 is 4.73 Å². The number of rotatable bonds is 2. The minimum Gasteiger partial charge on any atom is -0.618 e. The average molecular weight is 370 g/mol. The molecule has 3 aromatic heterocycles. The molecule has 7 nitrogen and oxygen atoms in total. The first-order valence-corrected chi connectivity index (χ1v) is 9.04. The van der Waals surface area contributed by atoms with Crippen molar-refractivity contribution in [1.29, 1.82) is 0 Å². The van der Waals surface area contributed by atoms with Crippen LogP contribution in [0.25, 0.3) is 28.1 Å².